The van der Waals surface area contributed by atoms with E-state index in [2.05, 4.69) is 20.8 Å². The van der Waals surface area contributed by atoms with Crippen molar-refractivity contribution in [3.8, 4) is 11.4 Å². The summed E-state index contributed by atoms with van der Waals surface area (Å²) in [4.78, 5) is 0. The highest BCUT2D eigenvalue weighted by Crippen LogP contribution is 2.23. The fraction of sp³-hybridized carbons (Fsp3) is 0.278. The average molecular weight is 374 g/mol. The minimum Gasteiger partial charge on any atom is -0.489 e. The number of halogens is 1. The van der Waals surface area contributed by atoms with Crippen LogP contribution in [0.2, 0.25) is 5.02 Å². The summed E-state index contributed by atoms with van der Waals surface area (Å²) in [7, 11) is 0. The van der Waals surface area contributed by atoms with Crippen LogP contribution in [0, 0.1) is 0 Å². The van der Waals surface area contributed by atoms with Crippen molar-refractivity contribution in [3.63, 3.8) is 0 Å². The van der Waals surface area contributed by atoms with Crippen molar-refractivity contribution in [3.05, 3.63) is 65.4 Å². The Hall–Kier alpha value is -2.48. The molecule has 3 aromatic rings. The first-order chi connectivity index (χ1) is 12.6. The van der Waals surface area contributed by atoms with Crippen molar-refractivity contribution < 1.29 is 9.84 Å². The molecular weight excluding hydrogens is 354 g/mol. The maximum Gasteiger partial charge on any atom is 0.143 e. The first-order valence-corrected chi connectivity index (χ1v) is 8.63. The first-order valence-electron chi connectivity index (χ1n) is 8.25. The third-order valence-corrected chi connectivity index (χ3v) is 4.25. The van der Waals surface area contributed by atoms with Gasteiger partial charge in [-0.3, -0.25) is 0 Å². The third kappa shape index (κ3) is 4.78. The Morgan fingerprint density at radius 3 is 2.65 bits per heavy atom. The molecular formula is C18H20ClN5O2. The topological polar surface area (TPSA) is 85.1 Å². The summed E-state index contributed by atoms with van der Waals surface area (Å²) in [5, 5.41) is 25.0. The van der Waals surface area contributed by atoms with E-state index in [-0.39, 0.29) is 12.6 Å². The van der Waals surface area contributed by atoms with E-state index >= 15 is 0 Å². The number of aromatic nitrogens is 4. The smallest absolute Gasteiger partial charge is 0.143 e. The van der Waals surface area contributed by atoms with Gasteiger partial charge in [0.25, 0.3) is 0 Å². The lowest BCUT2D eigenvalue weighted by Gasteiger charge is -2.18. The third-order valence-electron chi connectivity index (χ3n) is 3.93. The monoisotopic (exact) mass is 373 g/mol. The summed E-state index contributed by atoms with van der Waals surface area (Å²) in [6, 6.07) is 15.2. The van der Waals surface area contributed by atoms with Crippen LogP contribution >= 0.6 is 11.6 Å². The van der Waals surface area contributed by atoms with Gasteiger partial charge in [-0.25, -0.2) is 4.68 Å². The second-order valence-corrected chi connectivity index (χ2v) is 6.28. The molecule has 2 aromatic carbocycles. The van der Waals surface area contributed by atoms with Gasteiger partial charge in [-0.1, -0.05) is 35.9 Å². The Labute approximate surface area is 156 Å². The molecule has 0 spiro atoms. The highest BCUT2D eigenvalue weighted by atomic mass is 35.5. The quantitative estimate of drug-likeness (QED) is 0.630. The molecule has 2 atom stereocenters. The summed E-state index contributed by atoms with van der Waals surface area (Å²) >= 11 is 6.03. The highest BCUT2D eigenvalue weighted by Gasteiger charge is 2.11. The van der Waals surface area contributed by atoms with Gasteiger partial charge in [0.15, 0.2) is 0 Å². The van der Waals surface area contributed by atoms with Gasteiger partial charge >= 0.3 is 0 Å². The molecule has 0 amide bonds. The van der Waals surface area contributed by atoms with Gasteiger partial charge < -0.3 is 15.2 Å². The number of hydrogen-bond donors (Lipinski definition) is 2. The number of para-hydroxylation sites is 1. The molecule has 0 fully saturated rings. The van der Waals surface area contributed by atoms with Crippen molar-refractivity contribution in [1.29, 1.82) is 0 Å². The Morgan fingerprint density at radius 1 is 1.19 bits per heavy atom. The van der Waals surface area contributed by atoms with Gasteiger partial charge in [-0.05, 0) is 47.2 Å². The molecule has 0 radical (unpaired) electrons. The van der Waals surface area contributed by atoms with Gasteiger partial charge in [0.05, 0.1) is 10.7 Å². The molecule has 26 heavy (non-hydrogen) atoms. The Morgan fingerprint density at radius 2 is 1.96 bits per heavy atom. The highest BCUT2D eigenvalue weighted by molar-refractivity contribution is 6.32. The number of benzene rings is 2. The van der Waals surface area contributed by atoms with Crippen LogP contribution < -0.4 is 10.1 Å². The van der Waals surface area contributed by atoms with Crippen LogP contribution in [-0.4, -0.2) is 44.6 Å². The van der Waals surface area contributed by atoms with Crippen LogP contribution in [0.5, 0.6) is 5.75 Å². The number of hydrogen-bond acceptors (Lipinski definition) is 6. The van der Waals surface area contributed by atoms with Crippen LogP contribution in [0.25, 0.3) is 5.69 Å². The zero-order chi connectivity index (χ0) is 18.4. The van der Waals surface area contributed by atoms with Crippen LogP contribution in [0.15, 0.2) is 54.9 Å². The SMILES string of the molecule is CC(NCC(O)COc1ccccc1Cl)c1ccc(-n2cnnn2)cc1. The van der Waals surface area contributed by atoms with Crippen molar-refractivity contribution in [2.45, 2.75) is 19.1 Å². The number of tetrazole rings is 1. The van der Waals surface area contributed by atoms with Crippen LogP contribution in [-0.2, 0) is 0 Å². The normalized spacial score (nSPS) is 13.3. The summed E-state index contributed by atoms with van der Waals surface area (Å²) in [5.74, 6) is 0.569. The molecule has 3 rings (SSSR count). The fourth-order valence-corrected chi connectivity index (χ4v) is 2.62. The fourth-order valence-electron chi connectivity index (χ4n) is 2.43. The number of ether oxygens (including phenoxy) is 1. The molecule has 136 valence electrons. The first kappa shape index (κ1) is 18.3. The Bertz CT molecular complexity index is 811. The van der Waals surface area contributed by atoms with Crippen molar-refractivity contribution >= 4 is 11.6 Å². The van der Waals surface area contributed by atoms with Crippen LogP contribution in [0.4, 0.5) is 0 Å². The van der Waals surface area contributed by atoms with Gasteiger partial charge in [-0.2, -0.15) is 0 Å². The molecule has 0 saturated carbocycles. The zero-order valence-corrected chi connectivity index (χ0v) is 15.0. The van der Waals surface area contributed by atoms with Gasteiger partial charge in [0, 0.05) is 12.6 Å². The van der Waals surface area contributed by atoms with E-state index in [4.69, 9.17) is 16.3 Å². The van der Waals surface area contributed by atoms with E-state index in [1.165, 1.54) is 0 Å². The Balaban J connectivity index is 1.47. The number of nitrogens with zero attached hydrogens (tertiary/aromatic N) is 4. The van der Waals surface area contributed by atoms with Crippen LogP contribution in [0.1, 0.15) is 18.5 Å². The largest absolute Gasteiger partial charge is 0.489 e. The molecule has 0 aliphatic carbocycles. The van der Waals surface area contributed by atoms with Crippen LogP contribution in [0.3, 0.4) is 0 Å². The van der Waals surface area contributed by atoms with Gasteiger partial charge in [0.1, 0.15) is 24.8 Å². The van der Waals surface area contributed by atoms with E-state index in [0.717, 1.165) is 11.3 Å². The van der Waals surface area contributed by atoms with Gasteiger partial charge in [0.2, 0.25) is 0 Å². The van der Waals surface area contributed by atoms with E-state index in [9.17, 15) is 5.11 Å². The van der Waals surface area contributed by atoms with Crippen molar-refractivity contribution in [2.24, 2.45) is 0 Å². The lowest BCUT2D eigenvalue weighted by Crippen LogP contribution is -2.33. The molecule has 0 aliphatic heterocycles. The average Bonchev–Trinajstić information content (AvgIpc) is 3.20. The van der Waals surface area contributed by atoms with E-state index < -0.39 is 6.10 Å². The minimum atomic E-state index is -0.644. The predicted molar refractivity (Wildman–Crippen MR) is 98.5 cm³/mol. The maximum atomic E-state index is 10.1. The molecule has 8 heteroatoms. The molecule has 2 N–H and O–H groups in total. The number of aliphatic hydroxyl groups excluding tert-OH is 1. The molecule has 0 bridgehead atoms. The summed E-state index contributed by atoms with van der Waals surface area (Å²) < 4.78 is 7.15. The predicted octanol–water partition coefficient (Wildman–Crippen LogP) is 2.41. The molecule has 7 nitrogen and oxygen atoms in total. The molecule has 1 aromatic heterocycles. The summed E-state index contributed by atoms with van der Waals surface area (Å²) in [6.45, 7) is 2.61. The molecule has 0 saturated heterocycles. The van der Waals surface area contributed by atoms with Crippen molar-refractivity contribution in [1.82, 2.24) is 25.5 Å². The van der Waals surface area contributed by atoms with E-state index in [1.54, 1.807) is 23.1 Å². The van der Waals surface area contributed by atoms with E-state index in [0.29, 0.717) is 17.3 Å². The zero-order valence-electron chi connectivity index (χ0n) is 14.3. The second-order valence-electron chi connectivity index (χ2n) is 5.87. The minimum absolute atomic E-state index is 0.0767. The molecule has 0 aliphatic rings. The lowest BCUT2D eigenvalue weighted by molar-refractivity contribution is 0.104. The van der Waals surface area contributed by atoms with Gasteiger partial charge in [-0.15, -0.1) is 5.10 Å². The Kier molecular flexibility index (Phi) is 6.17. The number of aliphatic hydroxyl groups is 1. The van der Waals surface area contributed by atoms with Crippen molar-refractivity contribution in [2.75, 3.05) is 13.2 Å². The second kappa shape index (κ2) is 8.75. The standard InChI is InChI=1S/C18H20ClN5O2/c1-13(14-6-8-15(9-7-14)24-12-21-22-23-24)20-10-16(25)11-26-18-5-3-2-4-17(18)19/h2-9,12-13,16,20,25H,10-11H2,1H3. The molecule has 2 unspecified atom stereocenters. The number of rotatable bonds is 8. The maximum absolute atomic E-state index is 10.1. The molecule has 1 heterocycles. The summed E-state index contributed by atoms with van der Waals surface area (Å²) in [5.41, 5.74) is 1.99. The number of nitrogens with one attached hydrogen (secondary N) is 1. The lowest BCUT2D eigenvalue weighted by atomic mass is 10.1. The summed E-state index contributed by atoms with van der Waals surface area (Å²) in [6.07, 6.45) is 0.903. The van der Waals surface area contributed by atoms with E-state index in [1.807, 2.05) is 43.3 Å².